The van der Waals surface area contributed by atoms with Crippen molar-refractivity contribution in [1.29, 1.82) is 0 Å². The summed E-state index contributed by atoms with van der Waals surface area (Å²) in [6.07, 6.45) is 2.52. The monoisotopic (exact) mass is 272 g/mol. The molecule has 2 aromatic rings. The number of amides is 1. The van der Waals surface area contributed by atoms with Crippen LogP contribution in [0, 0.1) is 5.92 Å². The number of nitrogens with zero attached hydrogens (tertiary/aromatic N) is 1. The third-order valence-electron chi connectivity index (χ3n) is 3.98. The summed E-state index contributed by atoms with van der Waals surface area (Å²) in [7, 11) is 2.09. The first-order chi connectivity index (χ1) is 9.67. The summed E-state index contributed by atoms with van der Waals surface area (Å²) in [6, 6.07) is 6.02. The maximum absolute atomic E-state index is 12.3. The fourth-order valence-corrected chi connectivity index (χ4v) is 2.76. The Kier molecular flexibility index (Phi) is 3.49. The quantitative estimate of drug-likeness (QED) is 0.929. The number of aryl methyl sites for hydroxylation is 1. The lowest BCUT2D eigenvalue weighted by molar-refractivity contribution is 0.0898. The highest BCUT2D eigenvalue weighted by Gasteiger charge is 2.24. The number of furan rings is 1. The summed E-state index contributed by atoms with van der Waals surface area (Å²) in [5.74, 6) is 0.542. The highest BCUT2D eigenvalue weighted by atomic mass is 16.3. The number of hydrogen-bond acceptors (Lipinski definition) is 3. The maximum atomic E-state index is 12.3. The van der Waals surface area contributed by atoms with Gasteiger partial charge in [-0.15, -0.1) is 0 Å². The molecule has 20 heavy (non-hydrogen) atoms. The fraction of sp³-hybridized carbons (Fsp3) is 0.438. The van der Waals surface area contributed by atoms with Crippen LogP contribution in [0.1, 0.15) is 22.8 Å². The molecule has 1 aliphatic heterocycles. The van der Waals surface area contributed by atoms with E-state index in [4.69, 9.17) is 4.42 Å². The molecule has 0 aliphatic carbocycles. The lowest BCUT2D eigenvalue weighted by Gasteiger charge is -2.36. The molecule has 1 saturated heterocycles. The minimum Gasteiger partial charge on any atom is -0.463 e. The maximum Gasteiger partial charge on any atom is 0.255 e. The van der Waals surface area contributed by atoms with Gasteiger partial charge in [0.25, 0.3) is 5.91 Å². The second-order valence-electron chi connectivity index (χ2n) is 5.63. The summed E-state index contributed by atoms with van der Waals surface area (Å²) < 4.78 is 5.46. The Hall–Kier alpha value is -1.81. The lowest BCUT2D eigenvalue weighted by Crippen LogP contribution is -2.49. The molecule has 1 amide bonds. The van der Waals surface area contributed by atoms with Gasteiger partial charge in [-0.1, -0.05) is 13.0 Å². The molecular weight excluding hydrogens is 252 g/mol. The Morgan fingerprint density at radius 3 is 2.95 bits per heavy atom. The SMILES string of the molecule is CCc1ccc2occ(C(=O)NCC3CN(C)C3)c2c1. The number of likely N-dealkylation sites (tertiary alicyclic amines) is 1. The molecule has 0 atom stereocenters. The summed E-state index contributed by atoms with van der Waals surface area (Å²) in [6.45, 7) is 4.97. The highest BCUT2D eigenvalue weighted by Crippen LogP contribution is 2.23. The smallest absolute Gasteiger partial charge is 0.255 e. The number of hydrogen-bond donors (Lipinski definition) is 1. The molecule has 2 heterocycles. The molecule has 4 heteroatoms. The molecule has 0 saturated carbocycles. The van der Waals surface area contributed by atoms with Crippen LogP contribution in [0.3, 0.4) is 0 Å². The average molecular weight is 272 g/mol. The Bertz CT molecular complexity index is 626. The molecular formula is C16H20N2O2. The van der Waals surface area contributed by atoms with Gasteiger partial charge in [0.1, 0.15) is 11.8 Å². The lowest BCUT2D eigenvalue weighted by atomic mass is 10.0. The van der Waals surface area contributed by atoms with Gasteiger partial charge in [-0.05, 0) is 31.2 Å². The van der Waals surface area contributed by atoms with E-state index in [0.717, 1.165) is 37.0 Å². The van der Waals surface area contributed by atoms with Crippen molar-refractivity contribution < 1.29 is 9.21 Å². The molecule has 0 spiro atoms. The van der Waals surface area contributed by atoms with E-state index < -0.39 is 0 Å². The molecule has 0 unspecified atom stereocenters. The third-order valence-corrected chi connectivity index (χ3v) is 3.98. The zero-order chi connectivity index (χ0) is 14.1. The van der Waals surface area contributed by atoms with Crippen molar-refractivity contribution in [1.82, 2.24) is 10.2 Å². The normalized spacial score (nSPS) is 16.3. The minimum atomic E-state index is -0.0356. The van der Waals surface area contributed by atoms with E-state index in [1.54, 1.807) is 6.26 Å². The molecule has 1 N–H and O–H groups in total. The summed E-state index contributed by atoms with van der Waals surface area (Å²) >= 11 is 0. The van der Waals surface area contributed by atoms with Crippen molar-refractivity contribution in [3.63, 3.8) is 0 Å². The number of nitrogens with one attached hydrogen (secondary N) is 1. The van der Waals surface area contributed by atoms with Gasteiger partial charge in [0, 0.05) is 30.9 Å². The first-order valence-electron chi connectivity index (χ1n) is 7.14. The number of rotatable bonds is 4. The topological polar surface area (TPSA) is 45.5 Å². The van der Waals surface area contributed by atoms with Gasteiger partial charge >= 0.3 is 0 Å². The van der Waals surface area contributed by atoms with E-state index in [9.17, 15) is 4.79 Å². The first kappa shape index (κ1) is 13.2. The molecule has 106 valence electrons. The van der Waals surface area contributed by atoms with Gasteiger partial charge in [-0.25, -0.2) is 0 Å². The molecule has 3 rings (SSSR count). The van der Waals surface area contributed by atoms with E-state index in [0.29, 0.717) is 11.5 Å². The van der Waals surface area contributed by atoms with Crippen LogP contribution in [0.25, 0.3) is 11.0 Å². The van der Waals surface area contributed by atoms with E-state index in [1.807, 2.05) is 18.2 Å². The highest BCUT2D eigenvalue weighted by molar-refractivity contribution is 6.06. The van der Waals surface area contributed by atoms with E-state index in [2.05, 4.69) is 24.2 Å². The van der Waals surface area contributed by atoms with E-state index >= 15 is 0 Å². The molecule has 1 aromatic heterocycles. The third kappa shape index (κ3) is 2.43. The molecule has 4 nitrogen and oxygen atoms in total. The van der Waals surface area contributed by atoms with Crippen LogP contribution < -0.4 is 5.32 Å². The van der Waals surface area contributed by atoms with Crippen LogP contribution in [-0.4, -0.2) is 37.5 Å². The second kappa shape index (κ2) is 5.29. The van der Waals surface area contributed by atoms with Crippen molar-refractivity contribution in [2.24, 2.45) is 5.92 Å². The second-order valence-corrected chi connectivity index (χ2v) is 5.63. The minimum absolute atomic E-state index is 0.0356. The van der Waals surface area contributed by atoms with Crippen molar-refractivity contribution in [2.75, 3.05) is 26.7 Å². The van der Waals surface area contributed by atoms with Crippen LogP contribution in [0.2, 0.25) is 0 Å². The molecule has 1 aromatic carbocycles. The van der Waals surface area contributed by atoms with Gasteiger partial charge < -0.3 is 14.6 Å². The molecule has 1 fully saturated rings. The van der Waals surface area contributed by atoms with Crippen LogP contribution in [0.5, 0.6) is 0 Å². The van der Waals surface area contributed by atoms with Crippen molar-refractivity contribution in [2.45, 2.75) is 13.3 Å². The first-order valence-corrected chi connectivity index (χ1v) is 7.14. The van der Waals surface area contributed by atoms with Crippen LogP contribution >= 0.6 is 0 Å². The fourth-order valence-electron chi connectivity index (χ4n) is 2.76. The number of carbonyl (C=O) groups excluding carboxylic acids is 1. The Morgan fingerprint density at radius 1 is 1.45 bits per heavy atom. The van der Waals surface area contributed by atoms with Crippen LogP contribution in [-0.2, 0) is 6.42 Å². The zero-order valence-electron chi connectivity index (χ0n) is 12.0. The largest absolute Gasteiger partial charge is 0.463 e. The summed E-state index contributed by atoms with van der Waals surface area (Å²) in [5.41, 5.74) is 2.63. The zero-order valence-corrected chi connectivity index (χ0v) is 12.0. The molecule has 1 aliphatic rings. The number of fused-ring (bicyclic) bond motifs is 1. The Labute approximate surface area is 118 Å². The number of benzene rings is 1. The van der Waals surface area contributed by atoms with Crippen molar-refractivity contribution >= 4 is 16.9 Å². The predicted molar refractivity (Wildman–Crippen MR) is 78.9 cm³/mol. The Morgan fingerprint density at radius 2 is 2.25 bits per heavy atom. The standard InChI is InChI=1S/C16H20N2O2/c1-3-11-4-5-15-13(6-11)14(10-20-15)16(19)17-7-12-8-18(2)9-12/h4-6,10,12H,3,7-9H2,1-2H3,(H,17,19). The van der Waals surface area contributed by atoms with Crippen LogP contribution in [0.15, 0.2) is 28.9 Å². The average Bonchev–Trinajstić information content (AvgIpc) is 2.84. The molecule has 0 radical (unpaired) electrons. The predicted octanol–water partition coefficient (Wildman–Crippen LogP) is 2.29. The molecule has 0 bridgehead atoms. The van der Waals surface area contributed by atoms with Gasteiger partial charge in [-0.2, -0.15) is 0 Å². The summed E-state index contributed by atoms with van der Waals surface area (Å²) in [4.78, 5) is 14.5. The summed E-state index contributed by atoms with van der Waals surface area (Å²) in [5, 5.41) is 3.92. The van der Waals surface area contributed by atoms with Crippen molar-refractivity contribution in [3.05, 3.63) is 35.6 Å². The van der Waals surface area contributed by atoms with Crippen molar-refractivity contribution in [3.8, 4) is 0 Å². The van der Waals surface area contributed by atoms with E-state index in [-0.39, 0.29) is 5.91 Å². The van der Waals surface area contributed by atoms with Gasteiger partial charge in [-0.3, -0.25) is 4.79 Å². The van der Waals surface area contributed by atoms with Gasteiger partial charge in [0.2, 0.25) is 0 Å². The van der Waals surface area contributed by atoms with Gasteiger partial charge in [0.05, 0.1) is 5.56 Å². The number of carbonyl (C=O) groups is 1. The Balaban J connectivity index is 1.73. The van der Waals surface area contributed by atoms with E-state index in [1.165, 1.54) is 5.56 Å². The van der Waals surface area contributed by atoms with Gasteiger partial charge in [0.15, 0.2) is 0 Å². The van der Waals surface area contributed by atoms with Crippen LogP contribution in [0.4, 0.5) is 0 Å².